The van der Waals surface area contributed by atoms with Gasteiger partial charge in [0, 0.05) is 13.1 Å². The van der Waals surface area contributed by atoms with Crippen LogP contribution in [0.1, 0.15) is 22.8 Å². The zero-order chi connectivity index (χ0) is 22.9. The van der Waals surface area contributed by atoms with E-state index in [0.29, 0.717) is 42.1 Å². The molecule has 0 amide bonds. The van der Waals surface area contributed by atoms with Crippen LogP contribution in [-0.4, -0.2) is 66.0 Å². The third kappa shape index (κ3) is 4.14. The quantitative estimate of drug-likeness (QED) is 0.496. The molecule has 0 saturated carbocycles. The standard InChI is InChI=1S/C20H22N6O5S/c1-3-13-4-5-14(20(28)31-2)8-19(13)32(29,30)22-17-9-15(26-12-21-23-24-26)6-7-18(17)25-10-16(27)11-25/h4-9,12,16,22,27H,3,10-11H2,1-2H3. The number of aromatic nitrogens is 4. The van der Waals surface area contributed by atoms with Gasteiger partial charge in [-0.05, 0) is 52.7 Å². The first-order valence-electron chi connectivity index (χ1n) is 9.87. The summed E-state index contributed by atoms with van der Waals surface area (Å²) in [5, 5.41) is 20.8. The maximum absolute atomic E-state index is 13.4. The van der Waals surface area contributed by atoms with E-state index in [1.54, 1.807) is 24.3 Å². The van der Waals surface area contributed by atoms with Gasteiger partial charge in [-0.1, -0.05) is 13.0 Å². The van der Waals surface area contributed by atoms with Gasteiger partial charge in [-0.15, -0.1) is 5.10 Å². The van der Waals surface area contributed by atoms with Gasteiger partial charge in [0.1, 0.15) is 6.33 Å². The van der Waals surface area contributed by atoms with Crippen molar-refractivity contribution in [3.63, 3.8) is 0 Å². The summed E-state index contributed by atoms with van der Waals surface area (Å²) >= 11 is 0. The molecule has 1 aliphatic heterocycles. The number of nitrogens with one attached hydrogen (secondary N) is 1. The normalized spacial score (nSPS) is 14.2. The van der Waals surface area contributed by atoms with Crippen LogP contribution in [0.4, 0.5) is 11.4 Å². The van der Waals surface area contributed by atoms with E-state index in [0.717, 1.165) is 0 Å². The van der Waals surface area contributed by atoms with Gasteiger partial charge in [0.25, 0.3) is 10.0 Å². The van der Waals surface area contributed by atoms with Crippen LogP contribution in [0.3, 0.4) is 0 Å². The van der Waals surface area contributed by atoms with E-state index < -0.39 is 22.1 Å². The lowest BCUT2D eigenvalue weighted by Crippen LogP contribution is -2.51. The van der Waals surface area contributed by atoms with Gasteiger partial charge in [0.05, 0.1) is 40.7 Å². The van der Waals surface area contributed by atoms with E-state index in [2.05, 4.69) is 20.2 Å². The Bertz CT molecular complexity index is 1240. The first kappa shape index (κ1) is 21.7. The Hall–Kier alpha value is -3.51. The number of hydrogen-bond acceptors (Lipinski definition) is 9. The fourth-order valence-corrected chi connectivity index (χ4v) is 4.90. The lowest BCUT2D eigenvalue weighted by Gasteiger charge is -2.39. The van der Waals surface area contributed by atoms with Gasteiger partial charge >= 0.3 is 5.97 Å². The molecule has 2 heterocycles. The lowest BCUT2D eigenvalue weighted by molar-refractivity contribution is 0.0600. The molecule has 4 rings (SSSR count). The number of ether oxygens (including phenoxy) is 1. The second-order valence-corrected chi connectivity index (χ2v) is 8.94. The largest absolute Gasteiger partial charge is 0.465 e. The van der Waals surface area contributed by atoms with Crippen molar-refractivity contribution in [2.75, 3.05) is 29.8 Å². The summed E-state index contributed by atoms with van der Waals surface area (Å²) in [5.74, 6) is -0.625. The van der Waals surface area contributed by atoms with Crippen molar-refractivity contribution in [1.29, 1.82) is 0 Å². The van der Waals surface area contributed by atoms with Gasteiger partial charge in [0.2, 0.25) is 0 Å². The van der Waals surface area contributed by atoms with E-state index in [-0.39, 0.29) is 10.5 Å². The number of benzene rings is 2. The summed E-state index contributed by atoms with van der Waals surface area (Å²) in [7, 11) is -2.83. The first-order valence-corrected chi connectivity index (χ1v) is 11.3. The Morgan fingerprint density at radius 3 is 2.66 bits per heavy atom. The highest BCUT2D eigenvalue weighted by atomic mass is 32.2. The number of aliphatic hydroxyl groups is 1. The van der Waals surface area contributed by atoms with Gasteiger partial charge in [-0.3, -0.25) is 4.72 Å². The minimum atomic E-state index is -4.07. The molecule has 1 aromatic heterocycles. The minimum absolute atomic E-state index is 0.00896. The fraction of sp³-hybridized carbons (Fsp3) is 0.300. The molecule has 0 atom stereocenters. The van der Waals surface area contributed by atoms with E-state index in [1.165, 1.54) is 30.3 Å². The Kier molecular flexibility index (Phi) is 5.80. The number of hydrogen-bond donors (Lipinski definition) is 2. The van der Waals surface area contributed by atoms with Crippen LogP contribution >= 0.6 is 0 Å². The first-order chi connectivity index (χ1) is 15.3. The molecule has 1 fully saturated rings. The molecule has 12 heteroatoms. The summed E-state index contributed by atoms with van der Waals surface area (Å²) in [6.07, 6.45) is 1.38. The number of aliphatic hydroxyl groups excluding tert-OH is 1. The molecule has 0 spiro atoms. The van der Waals surface area contributed by atoms with Gasteiger partial charge in [0.15, 0.2) is 0 Å². The van der Waals surface area contributed by atoms with Crippen molar-refractivity contribution in [3.05, 3.63) is 53.9 Å². The number of aryl methyl sites for hydroxylation is 1. The van der Waals surface area contributed by atoms with Crippen LogP contribution in [-0.2, 0) is 21.2 Å². The Labute approximate surface area is 184 Å². The molecule has 2 aromatic carbocycles. The molecule has 0 aliphatic carbocycles. The third-order valence-corrected chi connectivity index (χ3v) is 6.65. The van der Waals surface area contributed by atoms with Gasteiger partial charge in [-0.25, -0.2) is 17.9 Å². The van der Waals surface area contributed by atoms with Crippen LogP contribution in [0.25, 0.3) is 5.69 Å². The number of anilines is 2. The smallest absolute Gasteiger partial charge is 0.337 e. The predicted octanol–water partition coefficient (Wildman–Crippen LogP) is 0.993. The van der Waals surface area contributed by atoms with E-state index in [1.807, 2.05) is 11.8 Å². The monoisotopic (exact) mass is 458 g/mol. The maximum Gasteiger partial charge on any atom is 0.337 e. The molecule has 3 aromatic rings. The highest BCUT2D eigenvalue weighted by molar-refractivity contribution is 7.92. The number of rotatable bonds is 7. The molecule has 1 saturated heterocycles. The molecule has 168 valence electrons. The molecule has 0 bridgehead atoms. The van der Waals surface area contributed by atoms with Gasteiger partial charge < -0.3 is 14.7 Å². The number of carbonyl (C=O) groups excluding carboxylic acids is 1. The number of tetrazole rings is 1. The average Bonchev–Trinajstić information content (AvgIpc) is 3.31. The Balaban J connectivity index is 1.77. The van der Waals surface area contributed by atoms with Crippen LogP contribution in [0, 0.1) is 0 Å². The molecule has 32 heavy (non-hydrogen) atoms. The minimum Gasteiger partial charge on any atom is -0.465 e. The van der Waals surface area contributed by atoms with Crippen LogP contribution < -0.4 is 9.62 Å². The van der Waals surface area contributed by atoms with Crippen molar-refractivity contribution in [2.45, 2.75) is 24.3 Å². The summed E-state index contributed by atoms with van der Waals surface area (Å²) in [4.78, 5) is 13.8. The molecule has 2 N–H and O–H groups in total. The van der Waals surface area contributed by atoms with E-state index >= 15 is 0 Å². The summed E-state index contributed by atoms with van der Waals surface area (Å²) in [6.45, 7) is 2.60. The third-order valence-electron chi connectivity index (χ3n) is 5.20. The van der Waals surface area contributed by atoms with Crippen molar-refractivity contribution >= 4 is 27.4 Å². The molecule has 11 nitrogen and oxygen atoms in total. The van der Waals surface area contributed by atoms with Crippen LogP contribution in [0.15, 0.2) is 47.6 Å². The predicted molar refractivity (Wildman–Crippen MR) is 115 cm³/mol. The number of β-amino-alcohol motifs (C(OH)–C–C–N with tert-alkyl or cyclic N) is 1. The zero-order valence-electron chi connectivity index (χ0n) is 17.5. The Morgan fingerprint density at radius 1 is 1.25 bits per heavy atom. The Morgan fingerprint density at radius 2 is 2.03 bits per heavy atom. The molecule has 1 aliphatic rings. The lowest BCUT2D eigenvalue weighted by atomic mass is 10.1. The van der Waals surface area contributed by atoms with E-state index in [9.17, 15) is 18.3 Å². The maximum atomic E-state index is 13.4. The zero-order valence-corrected chi connectivity index (χ0v) is 18.3. The highest BCUT2D eigenvalue weighted by Gasteiger charge is 2.29. The molecule has 0 radical (unpaired) electrons. The summed E-state index contributed by atoms with van der Waals surface area (Å²) in [6, 6.07) is 9.56. The second kappa shape index (κ2) is 8.55. The topological polar surface area (TPSA) is 140 Å². The second-order valence-electron chi connectivity index (χ2n) is 7.29. The number of methoxy groups -OCH3 is 1. The van der Waals surface area contributed by atoms with E-state index in [4.69, 9.17) is 4.74 Å². The molecular formula is C20H22N6O5S. The number of esters is 1. The summed E-state index contributed by atoms with van der Waals surface area (Å²) < 4.78 is 35.6. The van der Waals surface area contributed by atoms with Gasteiger partial charge in [-0.2, -0.15) is 0 Å². The highest BCUT2D eigenvalue weighted by Crippen LogP contribution is 2.34. The van der Waals surface area contributed by atoms with Crippen molar-refractivity contribution < 1.29 is 23.1 Å². The van der Waals surface area contributed by atoms with Crippen LogP contribution in [0.2, 0.25) is 0 Å². The average molecular weight is 459 g/mol. The van der Waals surface area contributed by atoms with Crippen molar-refractivity contribution in [2.24, 2.45) is 0 Å². The SMILES string of the molecule is CCc1ccc(C(=O)OC)cc1S(=O)(=O)Nc1cc(-n2cnnn2)ccc1N1CC(O)C1. The van der Waals surface area contributed by atoms with Crippen molar-refractivity contribution in [3.8, 4) is 5.69 Å². The number of carbonyl (C=O) groups is 1. The number of nitrogens with zero attached hydrogens (tertiary/aromatic N) is 5. The molecular weight excluding hydrogens is 436 g/mol. The summed E-state index contributed by atoms with van der Waals surface area (Å²) in [5.41, 5.74) is 2.16. The number of sulfonamides is 1. The van der Waals surface area contributed by atoms with Crippen molar-refractivity contribution in [1.82, 2.24) is 20.2 Å². The molecule has 0 unspecified atom stereocenters. The van der Waals surface area contributed by atoms with Crippen LogP contribution in [0.5, 0.6) is 0 Å². The fourth-order valence-electron chi connectivity index (χ4n) is 3.50.